The van der Waals surface area contributed by atoms with E-state index in [4.69, 9.17) is 18.9 Å². The van der Waals surface area contributed by atoms with E-state index in [9.17, 15) is 5.11 Å². The van der Waals surface area contributed by atoms with Crippen LogP contribution < -0.4 is 14.2 Å². The Labute approximate surface area is 135 Å². The van der Waals surface area contributed by atoms with E-state index in [-0.39, 0.29) is 25.4 Å². The number of aliphatic hydroxyl groups excluding tert-OH is 1. The van der Waals surface area contributed by atoms with Gasteiger partial charge in [-0.15, -0.1) is 0 Å². The van der Waals surface area contributed by atoms with E-state index in [2.05, 4.69) is 0 Å². The molecule has 0 unspecified atom stereocenters. The average molecular weight is 316 g/mol. The molecule has 122 valence electrons. The van der Waals surface area contributed by atoms with Gasteiger partial charge in [0.15, 0.2) is 6.79 Å². The van der Waals surface area contributed by atoms with Crippen molar-refractivity contribution in [2.24, 2.45) is 0 Å². The van der Waals surface area contributed by atoms with Crippen molar-refractivity contribution >= 4 is 0 Å². The van der Waals surface area contributed by atoms with Gasteiger partial charge in [-0.2, -0.15) is 0 Å². The monoisotopic (exact) mass is 316 g/mol. The lowest BCUT2D eigenvalue weighted by molar-refractivity contribution is 0.0510. The van der Waals surface area contributed by atoms with Gasteiger partial charge in [0.2, 0.25) is 0 Å². The normalized spacial score (nSPS) is 19.1. The maximum atomic E-state index is 9.84. The second-order valence-corrected chi connectivity index (χ2v) is 5.35. The minimum Gasteiger partial charge on any atom is -0.497 e. The van der Waals surface area contributed by atoms with Gasteiger partial charge in [0.25, 0.3) is 0 Å². The lowest BCUT2D eigenvalue weighted by Gasteiger charge is -2.17. The largest absolute Gasteiger partial charge is 0.497 e. The Morgan fingerprint density at radius 3 is 2.43 bits per heavy atom. The van der Waals surface area contributed by atoms with Crippen LogP contribution in [0.5, 0.6) is 17.2 Å². The van der Waals surface area contributed by atoms with E-state index in [1.54, 1.807) is 14.2 Å². The molecular weight excluding hydrogens is 296 g/mol. The van der Waals surface area contributed by atoms with Gasteiger partial charge in [0.1, 0.15) is 23.4 Å². The highest BCUT2D eigenvalue weighted by atomic mass is 16.7. The molecule has 0 radical (unpaired) electrons. The summed E-state index contributed by atoms with van der Waals surface area (Å²) in [6, 6.07) is 13.3. The molecule has 1 aliphatic rings. The third-order valence-electron chi connectivity index (χ3n) is 3.98. The second kappa shape index (κ2) is 6.89. The molecule has 23 heavy (non-hydrogen) atoms. The quantitative estimate of drug-likeness (QED) is 0.831. The average Bonchev–Trinajstić information content (AvgIpc) is 2.97. The molecule has 2 aromatic carbocycles. The molecule has 0 saturated carbocycles. The molecule has 5 heteroatoms. The Balaban J connectivity index is 1.86. The van der Waals surface area contributed by atoms with Gasteiger partial charge in [-0.1, -0.05) is 12.1 Å². The van der Waals surface area contributed by atoms with E-state index in [0.717, 1.165) is 22.6 Å². The maximum absolute atomic E-state index is 9.84. The minimum absolute atomic E-state index is 0.00255. The highest BCUT2D eigenvalue weighted by molar-refractivity contribution is 5.48. The van der Waals surface area contributed by atoms with Crippen LogP contribution in [-0.4, -0.2) is 32.7 Å². The highest BCUT2D eigenvalue weighted by Crippen LogP contribution is 2.47. The zero-order chi connectivity index (χ0) is 16.2. The summed E-state index contributed by atoms with van der Waals surface area (Å²) in [5.41, 5.74) is 1.95. The molecule has 0 fully saturated rings. The number of rotatable bonds is 6. The number of aliphatic hydroxyl groups is 1. The van der Waals surface area contributed by atoms with Gasteiger partial charge in [-0.05, 0) is 35.9 Å². The van der Waals surface area contributed by atoms with Crippen LogP contribution in [0.25, 0.3) is 0 Å². The molecule has 1 aliphatic heterocycles. The summed E-state index contributed by atoms with van der Waals surface area (Å²) in [6.45, 7) is 0.183. The Bertz CT molecular complexity index is 653. The van der Waals surface area contributed by atoms with Crippen molar-refractivity contribution in [2.45, 2.75) is 12.0 Å². The molecule has 1 heterocycles. The molecule has 0 aliphatic carbocycles. The van der Waals surface area contributed by atoms with Crippen molar-refractivity contribution in [3.8, 4) is 17.2 Å². The summed E-state index contributed by atoms with van der Waals surface area (Å²) in [5, 5.41) is 9.84. The fourth-order valence-corrected chi connectivity index (χ4v) is 2.81. The first-order chi connectivity index (χ1) is 11.3. The van der Waals surface area contributed by atoms with Crippen molar-refractivity contribution < 1.29 is 24.1 Å². The van der Waals surface area contributed by atoms with E-state index < -0.39 is 0 Å². The topological polar surface area (TPSA) is 57.2 Å². The summed E-state index contributed by atoms with van der Waals surface area (Å²) in [6.07, 6.45) is -0.224. The zero-order valence-corrected chi connectivity index (χ0v) is 13.2. The van der Waals surface area contributed by atoms with Crippen molar-refractivity contribution in [1.82, 2.24) is 0 Å². The Hall–Kier alpha value is -2.24. The van der Waals surface area contributed by atoms with E-state index >= 15 is 0 Å². The van der Waals surface area contributed by atoms with Gasteiger partial charge in [0, 0.05) is 12.7 Å². The van der Waals surface area contributed by atoms with E-state index in [0.29, 0.717) is 5.75 Å². The molecule has 0 spiro atoms. The van der Waals surface area contributed by atoms with E-state index in [1.165, 1.54) is 0 Å². The number of fused-ring (bicyclic) bond motifs is 1. The first kappa shape index (κ1) is 15.6. The number of ether oxygens (including phenoxy) is 4. The van der Waals surface area contributed by atoms with Crippen LogP contribution >= 0.6 is 0 Å². The van der Waals surface area contributed by atoms with Gasteiger partial charge >= 0.3 is 0 Å². The molecule has 2 aromatic rings. The molecule has 0 saturated heterocycles. The van der Waals surface area contributed by atoms with Gasteiger partial charge in [-0.3, -0.25) is 0 Å². The third-order valence-corrected chi connectivity index (χ3v) is 3.98. The van der Waals surface area contributed by atoms with Crippen molar-refractivity contribution in [3.63, 3.8) is 0 Å². The predicted molar refractivity (Wildman–Crippen MR) is 85.1 cm³/mol. The number of benzene rings is 2. The SMILES string of the molecule is COCOc1ccc2c(c1)[C@H](CO)[C@@H](c1ccc(OC)cc1)O2. The molecule has 0 aromatic heterocycles. The first-order valence-electron chi connectivity index (χ1n) is 7.44. The third kappa shape index (κ3) is 3.11. The summed E-state index contributed by atoms with van der Waals surface area (Å²) >= 11 is 0. The van der Waals surface area contributed by atoms with Crippen LogP contribution in [0.1, 0.15) is 23.1 Å². The van der Waals surface area contributed by atoms with Crippen LogP contribution in [-0.2, 0) is 4.74 Å². The summed E-state index contributed by atoms with van der Waals surface area (Å²) in [7, 11) is 3.21. The molecule has 0 amide bonds. The summed E-state index contributed by atoms with van der Waals surface area (Å²) < 4.78 is 21.6. The number of methoxy groups -OCH3 is 2. The molecule has 0 bridgehead atoms. The van der Waals surface area contributed by atoms with Crippen LogP contribution in [0.15, 0.2) is 42.5 Å². The summed E-state index contributed by atoms with van der Waals surface area (Å²) in [4.78, 5) is 0. The van der Waals surface area contributed by atoms with Gasteiger partial charge in [0.05, 0.1) is 19.6 Å². The minimum atomic E-state index is -0.224. The Morgan fingerprint density at radius 1 is 1.04 bits per heavy atom. The van der Waals surface area contributed by atoms with Crippen molar-refractivity contribution in [1.29, 1.82) is 0 Å². The molecule has 5 nitrogen and oxygen atoms in total. The molecule has 1 N–H and O–H groups in total. The molecular formula is C18H20O5. The fraction of sp³-hybridized carbons (Fsp3) is 0.333. The van der Waals surface area contributed by atoms with Crippen LogP contribution in [0, 0.1) is 0 Å². The van der Waals surface area contributed by atoms with Crippen LogP contribution in [0.3, 0.4) is 0 Å². The van der Waals surface area contributed by atoms with Gasteiger partial charge < -0.3 is 24.1 Å². The first-order valence-corrected chi connectivity index (χ1v) is 7.44. The zero-order valence-electron chi connectivity index (χ0n) is 13.2. The predicted octanol–water partition coefficient (Wildman–Crippen LogP) is 2.89. The number of hydrogen-bond donors (Lipinski definition) is 1. The van der Waals surface area contributed by atoms with Crippen molar-refractivity contribution in [2.75, 3.05) is 27.6 Å². The van der Waals surface area contributed by atoms with Crippen LogP contribution in [0.2, 0.25) is 0 Å². The van der Waals surface area contributed by atoms with Crippen molar-refractivity contribution in [3.05, 3.63) is 53.6 Å². The Morgan fingerprint density at radius 2 is 1.78 bits per heavy atom. The molecule has 2 atom stereocenters. The highest BCUT2D eigenvalue weighted by Gasteiger charge is 2.35. The second-order valence-electron chi connectivity index (χ2n) is 5.35. The number of hydrogen-bond acceptors (Lipinski definition) is 5. The fourth-order valence-electron chi connectivity index (χ4n) is 2.81. The standard InChI is InChI=1S/C18H20O5/c1-20-11-22-14-7-8-17-15(9-14)16(10-19)18(23-17)12-3-5-13(21-2)6-4-12/h3-9,16,18-19H,10-11H2,1-2H3/t16-,18+/m0/s1. The lowest BCUT2D eigenvalue weighted by Crippen LogP contribution is -2.13. The Kier molecular flexibility index (Phi) is 4.69. The van der Waals surface area contributed by atoms with E-state index in [1.807, 2.05) is 42.5 Å². The molecule has 3 rings (SSSR count). The summed E-state index contributed by atoms with van der Waals surface area (Å²) in [5.74, 6) is 2.13. The lowest BCUT2D eigenvalue weighted by atomic mass is 9.92. The maximum Gasteiger partial charge on any atom is 0.188 e. The smallest absolute Gasteiger partial charge is 0.188 e. The van der Waals surface area contributed by atoms with Crippen LogP contribution in [0.4, 0.5) is 0 Å². The van der Waals surface area contributed by atoms with Gasteiger partial charge in [-0.25, -0.2) is 0 Å².